The van der Waals surface area contributed by atoms with Gasteiger partial charge in [0.25, 0.3) is 0 Å². The van der Waals surface area contributed by atoms with E-state index in [-0.39, 0.29) is 5.60 Å². The highest BCUT2D eigenvalue weighted by Gasteiger charge is 2.31. The fourth-order valence-electron chi connectivity index (χ4n) is 3.74. The molecule has 1 aliphatic heterocycles. The van der Waals surface area contributed by atoms with Gasteiger partial charge in [0, 0.05) is 18.5 Å². The number of nitrogens with one attached hydrogen (secondary N) is 1. The van der Waals surface area contributed by atoms with E-state index >= 15 is 0 Å². The van der Waals surface area contributed by atoms with Gasteiger partial charge in [-0.25, -0.2) is 0 Å². The third kappa shape index (κ3) is 2.85. The van der Waals surface area contributed by atoms with E-state index in [1.54, 1.807) is 0 Å². The van der Waals surface area contributed by atoms with Crippen LogP contribution in [0.25, 0.3) is 0 Å². The number of ether oxygens (including phenoxy) is 1. The van der Waals surface area contributed by atoms with Gasteiger partial charge in [-0.3, -0.25) is 0 Å². The van der Waals surface area contributed by atoms with Gasteiger partial charge >= 0.3 is 0 Å². The molecule has 1 aromatic carbocycles. The number of hydrogen-bond acceptors (Lipinski definition) is 2. The second-order valence-corrected chi connectivity index (χ2v) is 7.24. The summed E-state index contributed by atoms with van der Waals surface area (Å²) < 4.78 is 6.13. The van der Waals surface area contributed by atoms with E-state index in [2.05, 4.69) is 44.3 Å². The van der Waals surface area contributed by atoms with Crippen LogP contribution in [0.1, 0.15) is 51.2 Å². The smallest absolute Gasteiger partial charge is 0.127 e. The zero-order valence-electron chi connectivity index (χ0n) is 13.0. The van der Waals surface area contributed by atoms with Crippen LogP contribution in [0.2, 0.25) is 0 Å². The molecule has 1 aromatic rings. The number of hydrogen-bond donors (Lipinski definition) is 1. The molecular weight excluding hydrogens is 246 g/mol. The Morgan fingerprint density at radius 2 is 2.15 bits per heavy atom. The summed E-state index contributed by atoms with van der Waals surface area (Å²) in [5, 5.41) is 3.65. The summed E-state index contributed by atoms with van der Waals surface area (Å²) in [6.45, 7) is 8.82. The largest absolute Gasteiger partial charge is 0.487 e. The second-order valence-electron chi connectivity index (χ2n) is 7.24. The Morgan fingerprint density at radius 1 is 1.30 bits per heavy atom. The maximum Gasteiger partial charge on any atom is 0.127 e. The van der Waals surface area contributed by atoms with Gasteiger partial charge in [-0.15, -0.1) is 0 Å². The van der Waals surface area contributed by atoms with Gasteiger partial charge in [-0.1, -0.05) is 38.0 Å². The summed E-state index contributed by atoms with van der Waals surface area (Å²) in [6.07, 6.45) is 5.23. The highest BCUT2D eigenvalue weighted by molar-refractivity contribution is 5.45. The quantitative estimate of drug-likeness (QED) is 0.897. The van der Waals surface area contributed by atoms with Crippen molar-refractivity contribution in [1.29, 1.82) is 0 Å². The average Bonchev–Trinajstić information content (AvgIpc) is 2.92. The lowest BCUT2D eigenvalue weighted by Gasteiger charge is -2.19. The molecule has 2 atom stereocenters. The summed E-state index contributed by atoms with van der Waals surface area (Å²) in [6, 6.07) is 6.57. The van der Waals surface area contributed by atoms with Gasteiger partial charge in [-0.05, 0) is 44.2 Å². The fourth-order valence-corrected chi connectivity index (χ4v) is 3.74. The maximum atomic E-state index is 6.13. The molecule has 0 spiro atoms. The van der Waals surface area contributed by atoms with Crippen molar-refractivity contribution in [2.45, 2.75) is 58.6 Å². The lowest BCUT2D eigenvalue weighted by Crippen LogP contribution is -2.26. The van der Waals surface area contributed by atoms with E-state index in [0.717, 1.165) is 37.1 Å². The molecule has 1 saturated carbocycles. The standard InChI is InChI=1S/C18H27NO/c1-13-6-4-8-15(13)11-19-12-16-9-5-7-14-10-18(2,3)20-17(14)16/h5,7,9,13,15,19H,4,6,8,10-12H2,1-3H3. The minimum absolute atomic E-state index is 0.0433. The highest BCUT2D eigenvalue weighted by Crippen LogP contribution is 2.37. The van der Waals surface area contributed by atoms with Crippen molar-refractivity contribution in [3.8, 4) is 5.75 Å². The van der Waals surface area contributed by atoms with E-state index in [1.165, 1.54) is 30.4 Å². The second kappa shape index (κ2) is 5.40. The van der Waals surface area contributed by atoms with Crippen molar-refractivity contribution in [2.24, 2.45) is 11.8 Å². The first-order valence-corrected chi connectivity index (χ1v) is 8.06. The molecule has 0 amide bonds. The minimum Gasteiger partial charge on any atom is -0.487 e. The molecule has 0 bridgehead atoms. The SMILES string of the molecule is CC1CCCC1CNCc1cccc2c1OC(C)(C)C2. The Bertz CT molecular complexity index is 480. The summed E-state index contributed by atoms with van der Waals surface area (Å²) in [7, 11) is 0. The van der Waals surface area contributed by atoms with Gasteiger partial charge < -0.3 is 10.1 Å². The molecule has 2 aliphatic rings. The van der Waals surface area contributed by atoms with Crippen LogP contribution >= 0.6 is 0 Å². The van der Waals surface area contributed by atoms with Crippen molar-refractivity contribution >= 4 is 0 Å². The summed E-state index contributed by atoms with van der Waals surface area (Å²) in [5.74, 6) is 2.88. The normalized spacial score (nSPS) is 27.4. The Hall–Kier alpha value is -1.02. The van der Waals surface area contributed by atoms with Gasteiger partial charge in [0.15, 0.2) is 0 Å². The van der Waals surface area contributed by atoms with Crippen molar-refractivity contribution in [1.82, 2.24) is 5.32 Å². The highest BCUT2D eigenvalue weighted by atomic mass is 16.5. The van der Waals surface area contributed by atoms with Crippen LogP contribution in [0.15, 0.2) is 18.2 Å². The molecule has 2 nitrogen and oxygen atoms in total. The first kappa shape index (κ1) is 13.9. The summed E-state index contributed by atoms with van der Waals surface area (Å²) in [4.78, 5) is 0. The van der Waals surface area contributed by atoms with Crippen LogP contribution in [-0.4, -0.2) is 12.1 Å². The van der Waals surface area contributed by atoms with E-state index < -0.39 is 0 Å². The molecule has 0 saturated heterocycles. The fraction of sp³-hybridized carbons (Fsp3) is 0.667. The molecule has 20 heavy (non-hydrogen) atoms. The number of rotatable bonds is 4. The zero-order chi connectivity index (χ0) is 14.2. The third-order valence-electron chi connectivity index (χ3n) is 4.93. The first-order valence-electron chi connectivity index (χ1n) is 8.06. The lowest BCUT2D eigenvalue weighted by atomic mass is 9.98. The molecule has 0 aromatic heterocycles. The number of para-hydroxylation sites is 1. The monoisotopic (exact) mass is 273 g/mol. The maximum absolute atomic E-state index is 6.13. The van der Waals surface area contributed by atoms with E-state index in [4.69, 9.17) is 4.74 Å². The van der Waals surface area contributed by atoms with Crippen LogP contribution < -0.4 is 10.1 Å². The Labute approximate surface area is 122 Å². The molecule has 3 rings (SSSR count). The van der Waals surface area contributed by atoms with Crippen molar-refractivity contribution in [2.75, 3.05) is 6.54 Å². The van der Waals surface area contributed by atoms with Crippen molar-refractivity contribution < 1.29 is 4.74 Å². The molecular formula is C18H27NO. The number of fused-ring (bicyclic) bond motifs is 1. The van der Waals surface area contributed by atoms with Crippen LogP contribution in [0.5, 0.6) is 5.75 Å². The molecule has 110 valence electrons. The Balaban J connectivity index is 1.60. The van der Waals surface area contributed by atoms with Gasteiger partial charge in [0.2, 0.25) is 0 Å². The topological polar surface area (TPSA) is 21.3 Å². The third-order valence-corrected chi connectivity index (χ3v) is 4.93. The van der Waals surface area contributed by atoms with Gasteiger partial charge in [0.1, 0.15) is 11.4 Å². The van der Waals surface area contributed by atoms with Crippen LogP contribution in [0.3, 0.4) is 0 Å². The molecule has 2 unspecified atom stereocenters. The summed E-state index contributed by atoms with van der Waals surface area (Å²) >= 11 is 0. The zero-order valence-corrected chi connectivity index (χ0v) is 13.0. The molecule has 1 aliphatic carbocycles. The molecule has 1 fully saturated rings. The van der Waals surface area contributed by atoms with Crippen molar-refractivity contribution in [3.63, 3.8) is 0 Å². The predicted molar refractivity (Wildman–Crippen MR) is 83.1 cm³/mol. The average molecular weight is 273 g/mol. The van der Waals surface area contributed by atoms with E-state index in [9.17, 15) is 0 Å². The molecule has 1 N–H and O–H groups in total. The molecule has 1 heterocycles. The van der Waals surface area contributed by atoms with Crippen LogP contribution in [0.4, 0.5) is 0 Å². The summed E-state index contributed by atoms with van der Waals surface area (Å²) in [5.41, 5.74) is 2.64. The van der Waals surface area contributed by atoms with E-state index in [1.807, 2.05) is 0 Å². The minimum atomic E-state index is -0.0433. The Morgan fingerprint density at radius 3 is 2.90 bits per heavy atom. The molecule has 2 heteroatoms. The Kier molecular flexibility index (Phi) is 3.76. The van der Waals surface area contributed by atoms with Gasteiger partial charge in [0.05, 0.1) is 0 Å². The number of benzene rings is 1. The van der Waals surface area contributed by atoms with Gasteiger partial charge in [-0.2, -0.15) is 0 Å². The lowest BCUT2D eigenvalue weighted by molar-refractivity contribution is 0.137. The van der Waals surface area contributed by atoms with Crippen LogP contribution in [0, 0.1) is 11.8 Å². The molecule has 0 radical (unpaired) electrons. The predicted octanol–water partition coefficient (Wildman–Crippen LogP) is 3.93. The van der Waals surface area contributed by atoms with Crippen molar-refractivity contribution in [3.05, 3.63) is 29.3 Å². The van der Waals surface area contributed by atoms with Crippen LogP contribution in [-0.2, 0) is 13.0 Å². The van der Waals surface area contributed by atoms with E-state index in [0.29, 0.717) is 0 Å². The first-order chi connectivity index (χ1) is 9.55.